The largest absolute Gasteiger partial charge is 0.332 e. The lowest BCUT2D eigenvalue weighted by molar-refractivity contribution is 0.0736. The van der Waals surface area contributed by atoms with Crippen molar-refractivity contribution in [3.63, 3.8) is 0 Å². The lowest BCUT2D eigenvalue weighted by Crippen LogP contribution is -2.30. The van der Waals surface area contributed by atoms with Crippen LogP contribution in [0.5, 0.6) is 0 Å². The summed E-state index contributed by atoms with van der Waals surface area (Å²) in [7, 11) is 0. The summed E-state index contributed by atoms with van der Waals surface area (Å²) in [4.78, 5) is 14.7. The van der Waals surface area contributed by atoms with E-state index >= 15 is 0 Å². The second-order valence-corrected chi connectivity index (χ2v) is 6.83. The van der Waals surface area contributed by atoms with Gasteiger partial charge in [0.25, 0.3) is 5.91 Å². The van der Waals surface area contributed by atoms with Crippen LogP contribution in [0.2, 0.25) is 5.02 Å². The number of likely N-dealkylation sites (tertiary alicyclic amines) is 1. The molecular formula is C15H13BrClNOS. The van der Waals surface area contributed by atoms with E-state index in [2.05, 4.69) is 32.8 Å². The molecule has 2 heterocycles. The van der Waals surface area contributed by atoms with Gasteiger partial charge in [0.2, 0.25) is 0 Å². The fraction of sp³-hybridized carbons (Fsp3) is 0.267. The Balaban J connectivity index is 1.92. The van der Waals surface area contributed by atoms with Crippen LogP contribution in [0.4, 0.5) is 0 Å². The summed E-state index contributed by atoms with van der Waals surface area (Å²) in [6, 6.07) is 7.77. The van der Waals surface area contributed by atoms with Gasteiger partial charge in [-0.3, -0.25) is 4.79 Å². The van der Waals surface area contributed by atoms with Crippen LogP contribution in [0.3, 0.4) is 0 Å². The Morgan fingerprint density at radius 2 is 2.25 bits per heavy atom. The lowest BCUT2D eigenvalue weighted by Gasteiger charge is -2.25. The summed E-state index contributed by atoms with van der Waals surface area (Å²) >= 11 is 11.3. The molecule has 1 amide bonds. The lowest BCUT2D eigenvalue weighted by atomic mass is 10.1. The van der Waals surface area contributed by atoms with E-state index in [1.165, 1.54) is 5.56 Å². The Bertz CT molecular complexity index is 629. The molecule has 0 bridgehead atoms. The van der Waals surface area contributed by atoms with Crippen LogP contribution in [0.25, 0.3) is 0 Å². The molecule has 20 heavy (non-hydrogen) atoms. The van der Waals surface area contributed by atoms with Crippen LogP contribution < -0.4 is 0 Å². The molecule has 2 aromatic rings. The van der Waals surface area contributed by atoms with Crippen molar-refractivity contribution in [1.29, 1.82) is 0 Å². The zero-order chi connectivity index (χ0) is 14.1. The van der Waals surface area contributed by atoms with Crippen LogP contribution in [-0.4, -0.2) is 17.4 Å². The van der Waals surface area contributed by atoms with E-state index in [0.29, 0.717) is 10.6 Å². The molecule has 1 unspecified atom stereocenters. The van der Waals surface area contributed by atoms with Crippen molar-refractivity contribution < 1.29 is 4.79 Å². The minimum atomic E-state index is 0.0185. The Morgan fingerprint density at radius 3 is 3.00 bits per heavy atom. The summed E-state index contributed by atoms with van der Waals surface area (Å²) in [5, 5.41) is 4.68. The molecule has 0 spiro atoms. The Kier molecular flexibility index (Phi) is 4.15. The van der Waals surface area contributed by atoms with Crippen molar-refractivity contribution in [1.82, 2.24) is 4.90 Å². The number of amides is 1. The van der Waals surface area contributed by atoms with Gasteiger partial charge in [-0.15, -0.1) is 0 Å². The Morgan fingerprint density at radius 1 is 1.40 bits per heavy atom. The molecule has 0 radical (unpaired) electrons. The van der Waals surface area contributed by atoms with Gasteiger partial charge in [0.1, 0.15) is 0 Å². The average molecular weight is 371 g/mol. The molecule has 1 saturated heterocycles. The normalized spacial score (nSPS) is 18.5. The van der Waals surface area contributed by atoms with Crippen LogP contribution in [0, 0.1) is 0 Å². The third-order valence-electron chi connectivity index (χ3n) is 3.62. The second kappa shape index (κ2) is 5.88. The van der Waals surface area contributed by atoms with Gasteiger partial charge in [0, 0.05) is 11.0 Å². The maximum absolute atomic E-state index is 12.7. The highest BCUT2D eigenvalue weighted by atomic mass is 79.9. The number of carbonyl (C=O) groups excluding carboxylic acids is 1. The van der Waals surface area contributed by atoms with Crippen LogP contribution in [0.1, 0.15) is 34.8 Å². The first-order valence-corrected chi connectivity index (χ1v) is 8.57. The maximum atomic E-state index is 12.7. The van der Waals surface area contributed by atoms with Gasteiger partial charge in [0.15, 0.2) is 0 Å². The van der Waals surface area contributed by atoms with Gasteiger partial charge in [-0.25, -0.2) is 0 Å². The molecule has 1 aromatic heterocycles. The number of carbonyl (C=O) groups is 1. The average Bonchev–Trinajstić information content (AvgIpc) is 3.10. The van der Waals surface area contributed by atoms with E-state index < -0.39 is 0 Å². The molecule has 5 heteroatoms. The number of rotatable bonds is 2. The molecule has 1 aromatic carbocycles. The van der Waals surface area contributed by atoms with E-state index in [9.17, 15) is 4.79 Å². The SMILES string of the molecule is O=C(c1cccc(Br)c1Cl)N1CCCC1c1ccsc1. The van der Waals surface area contributed by atoms with Crippen molar-refractivity contribution >= 4 is 44.8 Å². The van der Waals surface area contributed by atoms with Gasteiger partial charge in [0.05, 0.1) is 16.6 Å². The first-order chi connectivity index (χ1) is 9.68. The third-order valence-corrected chi connectivity index (χ3v) is 5.62. The molecular weight excluding hydrogens is 358 g/mol. The van der Waals surface area contributed by atoms with Crippen molar-refractivity contribution in [2.24, 2.45) is 0 Å². The van der Waals surface area contributed by atoms with E-state index in [1.54, 1.807) is 17.4 Å². The third kappa shape index (κ3) is 2.52. The fourth-order valence-corrected chi connectivity index (χ4v) is 3.92. The van der Waals surface area contributed by atoms with Crippen molar-refractivity contribution in [2.45, 2.75) is 18.9 Å². The van der Waals surface area contributed by atoms with Crippen molar-refractivity contribution in [3.05, 3.63) is 55.6 Å². The predicted octanol–water partition coefficient (Wildman–Crippen LogP) is 5.14. The summed E-state index contributed by atoms with van der Waals surface area (Å²) in [6.45, 7) is 0.794. The molecule has 104 valence electrons. The van der Waals surface area contributed by atoms with Crippen molar-refractivity contribution in [3.8, 4) is 0 Å². The van der Waals surface area contributed by atoms with E-state index in [0.717, 1.165) is 23.9 Å². The highest BCUT2D eigenvalue weighted by Crippen LogP contribution is 2.36. The standard InChI is InChI=1S/C15H13BrClNOS/c16-12-4-1-3-11(14(12)17)15(19)18-7-2-5-13(18)10-6-8-20-9-10/h1,3-4,6,8-9,13H,2,5,7H2. The summed E-state index contributed by atoms with van der Waals surface area (Å²) in [6.07, 6.45) is 2.06. The van der Waals surface area contributed by atoms with E-state index in [-0.39, 0.29) is 11.9 Å². The monoisotopic (exact) mass is 369 g/mol. The highest BCUT2D eigenvalue weighted by Gasteiger charge is 2.31. The Hall–Kier alpha value is -0.840. The number of thiophene rings is 1. The minimum Gasteiger partial charge on any atom is -0.332 e. The van der Waals surface area contributed by atoms with Crippen LogP contribution in [0.15, 0.2) is 39.5 Å². The molecule has 0 N–H and O–H groups in total. The zero-order valence-electron chi connectivity index (χ0n) is 10.7. The van der Waals surface area contributed by atoms with Crippen molar-refractivity contribution in [2.75, 3.05) is 6.54 Å². The van der Waals surface area contributed by atoms with E-state index in [1.807, 2.05) is 17.0 Å². The van der Waals surface area contributed by atoms with E-state index in [4.69, 9.17) is 11.6 Å². The first-order valence-electron chi connectivity index (χ1n) is 6.45. The maximum Gasteiger partial charge on any atom is 0.255 e. The topological polar surface area (TPSA) is 20.3 Å². The second-order valence-electron chi connectivity index (χ2n) is 4.81. The van der Waals surface area contributed by atoms with Gasteiger partial charge in [-0.2, -0.15) is 11.3 Å². The molecule has 3 rings (SSSR count). The zero-order valence-corrected chi connectivity index (χ0v) is 13.8. The summed E-state index contributed by atoms with van der Waals surface area (Å²) in [5.41, 5.74) is 1.80. The van der Waals surface area contributed by atoms with Gasteiger partial charge < -0.3 is 4.90 Å². The number of halogens is 2. The molecule has 0 aliphatic carbocycles. The first kappa shape index (κ1) is 14.1. The number of hydrogen-bond donors (Lipinski definition) is 0. The molecule has 1 aliphatic heterocycles. The van der Waals surface area contributed by atoms with Crippen LogP contribution in [-0.2, 0) is 0 Å². The fourth-order valence-electron chi connectivity index (χ4n) is 2.64. The predicted molar refractivity (Wildman–Crippen MR) is 86.5 cm³/mol. The smallest absolute Gasteiger partial charge is 0.255 e. The van der Waals surface area contributed by atoms with Gasteiger partial charge in [-0.1, -0.05) is 17.7 Å². The minimum absolute atomic E-state index is 0.0185. The molecule has 0 saturated carbocycles. The number of nitrogens with zero attached hydrogens (tertiary/aromatic N) is 1. The highest BCUT2D eigenvalue weighted by molar-refractivity contribution is 9.10. The summed E-state index contributed by atoms with van der Waals surface area (Å²) < 4.78 is 0.760. The van der Waals surface area contributed by atoms with Gasteiger partial charge >= 0.3 is 0 Å². The van der Waals surface area contributed by atoms with Gasteiger partial charge in [-0.05, 0) is 63.3 Å². The Labute approximate surface area is 135 Å². The molecule has 1 fully saturated rings. The number of hydrogen-bond acceptors (Lipinski definition) is 2. The number of benzene rings is 1. The van der Waals surface area contributed by atoms with Crippen LogP contribution >= 0.6 is 38.9 Å². The molecule has 2 nitrogen and oxygen atoms in total. The molecule has 1 aliphatic rings. The quantitative estimate of drug-likeness (QED) is 0.716. The molecule has 1 atom stereocenters. The summed E-state index contributed by atoms with van der Waals surface area (Å²) in [5.74, 6) is 0.0185.